The molecule has 1 aliphatic rings. The summed E-state index contributed by atoms with van der Waals surface area (Å²) >= 11 is 0. The Balaban J connectivity index is 1.81. The molecule has 1 atom stereocenters. The molecule has 0 radical (unpaired) electrons. The minimum atomic E-state index is -0.201. The summed E-state index contributed by atoms with van der Waals surface area (Å²) < 4.78 is 13.0. The second kappa shape index (κ2) is 5.81. The number of fused-ring (bicyclic) bond motifs is 1. The SMILES string of the molecule is CC1(CCC#N)CNc2cc(Cc3ccc(F)cc3)ccc21. The van der Waals surface area contributed by atoms with Crippen LogP contribution in [0, 0.1) is 17.1 Å². The van der Waals surface area contributed by atoms with Gasteiger partial charge in [-0.25, -0.2) is 4.39 Å². The van der Waals surface area contributed by atoms with E-state index in [2.05, 4.69) is 36.5 Å². The Hall–Kier alpha value is -2.34. The zero-order valence-corrected chi connectivity index (χ0v) is 12.7. The Morgan fingerprint density at radius 3 is 2.64 bits per heavy atom. The molecule has 0 spiro atoms. The van der Waals surface area contributed by atoms with E-state index in [9.17, 15) is 4.39 Å². The Morgan fingerprint density at radius 1 is 1.18 bits per heavy atom. The lowest BCUT2D eigenvalue weighted by Crippen LogP contribution is -2.23. The first-order valence-corrected chi connectivity index (χ1v) is 7.59. The van der Waals surface area contributed by atoms with Crippen LogP contribution in [0.1, 0.15) is 36.5 Å². The van der Waals surface area contributed by atoms with E-state index >= 15 is 0 Å². The van der Waals surface area contributed by atoms with Crippen molar-refractivity contribution in [1.29, 1.82) is 5.26 Å². The highest BCUT2D eigenvalue weighted by molar-refractivity contribution is 5.61. The van der Waals surface area contributed by atoms with Crippen LogP contribution in [0.5, 0.6) is 0 Å². The van der Waals surface area contributed by atoms with Crippen LogP contribution in [0.2, 0.25) is 0 Å². The van der Waals surface area contributed by atoms with Gasteiger partial charge in [-0.1, -0.05) is 31.2 Å². The Labute approximate surface area is 130 Å². The summed E-state index contributed by atoms with van der Waals surface area (Å²) in [6.07, 6.45) is 2.25. The van der Waals surface area contributed by atoms with E-state index in [1.54, 1.807) is 0 Å². The lowest BCUT2D eigenvalue weighted by Gasteiger charge is -2.22. The van der Waals surface area contributed by atoms with E-state index in [-0.39, 0.29) is 11.2 Å². The molecule has 0 bridgehead atoms. The van der Waals surface area contributed by atoms with Gasteiger partial charge in [0.2, 0.25) is 0 Å². The smallest absolute Gasteiger partial charge is 0.123 e. The molecular formula is C19H19FN2. The van der Waals surface area contributed by atoms with Gasteiger partial charge in [-0.05, 0) is 47.7 Å². The monoisotopic (exact) mass is 294 g/mol. The van der Waals surface area contributed by atoms with Gasteiger partial charge < -0.3 is 5.32 Å². The molecule has 0 amide bonds. The summed E-state index contributed by atoms with van der Waals surface area (Å²) in [7, 11) is 0. The van der Waals surface area contributed by atoms with Crippen molar-refractivity contribution in [1.82, 2.24) is 0 Å². The summed E-state index contributed by atoms with van der Waals surface area (Å²) in [6.45, 7) is 3.09. The first-order chi connectivity index (χ1) is 10.6. The molecule has 2 aromatic carbocycles. The third-order valence-corrected chi connectivity index (χ3v) is 4.51. The first kappa shape index (κ1) is 14.6. The molecule has 1 aliphatic heterocycles. The quantitative estimate of drug-likeness (QED) is 0.907. The summed E-state index contributed by atoms with van der Waals surface area (Å²) in [4.78, 5) is 0. The summed E-state index contributed by atoms with van der Waals surface area (Å²) in [5.41, 5.74) is 4.82. The third-order valence-electron chi connectivity index (χ3n) is 4.51. The third kappa shape index (κ3) is 2.82. The zero-order chi connectivity index (χ0) is 15.6. The number of nitriles is 1. The zero-order valence-electron chi connectivity index (χ0n) is 12.7. The molecule has 1 unspecified atom stereocenters. The average Bonchev–Trinajstić information content (AvgIpc) is 2.85. The second-order valence-electron chi connectivity index (χ2n) is 6.26. The number of nitrogens with zero attached hydrogens (tertiary/aromatic N) is 1. The Kier molecular flexibility index (Phi) is 3.85. The van der Waals surface area contributed by atoms with Crippen molar-refractivity contribution in [2.24, 2.45) is 0 Å². The molecule has 0 saturated carbocycles. The van der Waals surface area contributed by atoms with Gasteiger partial charge in [0.25, 0.3) is 0 Å². The highest BCUT2D eigenvalue weighted by Crippen LogP contribution is 2.40. The Bertz CT molecular complexity index is 715. The number of halogens is 1. The minimum Gasteiger partial charge on any atom is -0.384 e. The largest absolute Gasteiger partial charge is 0.384 e. The van der Waals surface area contributed by atoms with Crippen LogP contribution in [0.25, 0.3) is 0 Å². The molecule has 0 saturated heterocycles. The number of hydrogen-bond donors (Lipinski definition) is 1. The van der Waals surface area contributed by atoms with Crippen LogP contribution in [0.4, 0.5) is 10.1 Å². The van der Waals surface area contributed by atoms with Gasteiger partial charge in [-0.15, -0.1) is 0 Å². The standard InChI is InChI=1S/C19H19FN2/c1-19(9-2-10-21)13-22-18-12-15(5-8-17(18)19)11-14-3-6-16(20)7-4-14/h3-8,12,22H,2,9,11,13H2,1H3. The molecule has 2 nitrogen and oxygen atoms in total. The van der Waals surface area contributed by atoms with E-state index in [4.69, 9.17) is 5.26 Å². The van der Waals surface area contributed by atoms with Crippen molar-refractivity contribution < 1.29 is 4.39 Å². The van der Waals surface area contributed by atoms with Gasteiger partial charge in [-0.3, -0.25) is 0 Å². The summed E-state index contributed by atoms with van der Waals surface area (Å²) in [5, 5.41) is 12.3. The molecule has 0 aliphatic carbocycles. The fraction of sp³-hybridized carbons (Fsp3) is 0.316. The van der Waals surface area contributed by atoms with Crippen LogP contribution in [-0.4, -0.2) is 6.54 Å². The van der Waals surface area contributed by atoms with Crippen molar-refractivity contribution >= 4 is 5.69 Å². The topological polar surface area (TPSA) is 35.8 Å². The molecular weight excluding hydrogens is 275 g/mol. The highest BCUT2D eigenvalue weighted by Gasteiger charge is 2.33. The molecule has 3 heteroatoms. The van der Waals surface area contributed by atoms with Gasteiger partial charge in [0.15, 0.2) is 0 Å². The van der Waals surface area contributed by atoms with Crippen LogP contribution in [0.15, 0.2) is 42.5 Å². The van der Waals surface area contributed by atoms with Gasteiger partial charge in [0.1, 0.15) is 5.82 Å². The maximum Gasteiger partial charge on any atom is 0.123 e. The molecule has 1 heterocycles. The predicted octanol–water partition coefficient (Wildman–Crippen LogP) is 4.40. The number of nitrogens with one attached hydrogen (secondary N) is 1. The van der Waals surface area contributed by atoms with Crippen molar-refractivity contribution in [3.63, 3.8) is 0 Å². The first-order valence-electron chi connectivity index (χ1n) is 7.59. The minimum absolute atomic E-state index is 0.0411. The lowest BCUT2D eigenvalue weighted by molar-refractivity contribution is 0.485. The van der Waals surface area contributed by atoms with Crippen molar-refractivity contribution in [2.45, 2.75) is 31.6 Å². The fourth-order valence-corrected chi connectivity index (χ4v) is 3.15. The summed E-state index contributed by atoms with van der Waals surface area (Å²) in [5.74, 6) is -0.201. The Morgan fingerprint density at radius 2 is 1.91 bits per heavy atom. The highest BCUT2D eigenvalue weighted by atomic mass is 19.1. The molecule has 112 valence electrons. The molecule has 3 rings (SSSR count). The van der Waals surface area contributed by atoms with E-state index in [1.807, 2.05) is 12.1 Å². The van der Waals surface area contributed by atoms with Gasteiger partial charge >= 0.3 is 0 Å². The van der Waals surface area contributed by atoms with Crippen LogP contribution in [0.3, 0.4) is 0 Å². The van der Waals surface area contributed by atoms with Gasteiger partial charge in [0.05, 0.1) is 6.07 Å². The maximum absolute atomic E-state index is 13.0. The average molecular weight is 294 g/mol. The van der Waals surface area contributed by atoms with E-state index in [0.29, 0.717) is 6.42 Å². The van der Waals surface area contributed by atoms with Crippen molar-refractivity contribution in [3.05, 3.63) is 65.0 Å². The number of anilines is 1. The van der Waals surface area contributed by atoms with Crippen LogP contribution in [-0.2, 0) is 11.8 Å². The maximum atomic E-state index is 13.0. The molecule has 1 N–H and O–H groups in total. The van der Waals surface area contributed by atoms with E-state index < -0.39 is 0 Å². The normalized spacial score (nSPS) is 19.3. The van der Waals surface area contributed by atoms with E-state index in [0.717, 1.165) is 24.9 Å². The second-order valence-corrected chi connectivity index (χ2v) is 6.26. The predicted molar refractivity (Wildman–Crippen MR) is 86.3 cm³/mol. The number of rotatable bonds is 4. The summed E-state index contributed by atoms with van der Waals surface area (Å²) in [6, 6.07) is 15.4. The number of hydrogen-bond acceptors (Lipinski definition) is 2. The van der Waals surface area contributed by atoms with Crippen LogP contribution < -0.4 is 5.32 Å². The van der Waals surface area contributed by atoms with E-state index in [1.165, 1.54) is 28.9 Å². The van der Waals surface area contributed by atoms with Crippen LogP contribution >= 0.6 is 0 Å². The molecule has 22 heavy (non-hydrogen) atoms. The molecule has 0 aromatic heterocycles. The van der Waals surface area contributed by atoms with Crippen molar-refractivity contribution in [2.75, 3.05) is 11.9 Å². The van der Waals surface area contributed by atoms with Gasteiger partial charge in [-0.2, -0.15) is 5.26 Å². The van der Waals surface area contributed by atoms with Gasteiger partial charge in [0, 0.05) is 24.1 Å². The molecule has 2 aromatic rings. The van der Waals surface area contributed by atoms with Crippen molar-refractivity contribution in [3.8, 4) is 6.07 Å². The fourth-order valence-electron chi connectivity index (χ4n) is 3.15. The lowest BCUT2D eigenvalue weighted by atomic mass is 9.80. The molecule has 0 fully saturated rings. The number of benzene rings is 2.